The number of nitriles is 1. The molecule has 0 saturated carbocycles. The number of nitrogens with zero attached hydrogens (tertiary/aromatic N) is 1. The van der Waals surface area contributed by atoms with Gasteiger partial charge in [0.1, 0.15) is 0 Å². The molecule has 0 aromatic heterocycles. The first-order valence-corrected chi connectivity index (χ1v) is 6.18. The van der Waals surface area contributed by atoms with Crippen LogP contribution in [-0.2, 0) is 0 Å². The molecule has 0 amide bonds. The summed E-state index contributed by atoms with van der Waals surface area (Å²) in [7, 11) is 0. The zero-order valence-electron chi connectivity index (χ0n) is 10.4. The van der Waals surface area contributed by atoms with Gasteiger partial charge in [-0.1, -0.05) is 19.1 Å². The third-order valence-corrected chi connectivity index (χ3v) is 3.43. The normalized spacial score (nSPS) is 22.5. The minimum absolute atomic E-state index is 0.232. The SMILES string of the molecule is CC1CC=CCC1COc1ccc(C#N)cc1F. The summed E-state index contributed by atoms with van der Waals surface area (Å²) in [6, 6.07) is 6.21. The first-order valence-electron chi connectivity index (χ1n) is 6.18. The fourth-order valence-electron chi connectivity index (χ4n) is 2.12. The van der Waals surface area contributed by atoms with Gasteiger partial charge in [-0.2, -0.15) is 5.26 Å². The third kappa shape index (κ3) is 2.89. The van der Waals surface area contributed by atoms with Crippen molar-refractivity contribution in [1.82, 2.24) is 0 Å². The van der Waals surface area contributed by atoms with E-state index in [2.05, 4.69) is 19.1 Å². The van der Waals surface area contributed by atoms with Crippen molar-refractivity contribution in [2.75, 3.05) is 6.61 Å². The maximum Gasteiger partial charge on any atom is 0.166 e. The van der Waals surface area contributed by atoms with Gasteiger partial charge in [0.15, 0.2) is 11.6 Å². The molecule has 1 aliphatic rings. The molecule has 0 heterocycles. The van der Waals surface area contributed by atoms with Crippen molar-refractivity contribution in [2.24, 2.45) is 11.8 Å². The summed E-state index contributed by atoms with van der Waals surface area (Å²) in [5, 5.41) is 8.66. The molecular weight excluding hydrogens is 229 g/mol. The topological polar surface area (TPSA) is 33.0 Å². The molecule has 1 aliphatic carbocycles. The van der Waals surface area contributed by atoms with Gasteiger partial charge in [0.05, 0.1) is 18.2 Å². The fourth-order valence-corrected chi connectivity index (χ4v) is 2.12. The zero-order valence-corrected chi connectivity index (χ0v) is 10.4. The number of ether oxygens (including phenoxy) is 1. The fraction of sp³-hybridized carbons (Fsp3) is 0.400. The molecule has 1 aromatic rings. The lowest BCUT2D eigenvalue weighted by Gasteiger charge is -2.25. The molecule has 94 valence electrons. The average Bonchev–Trinajstić information content (AvgIpc) is 2.39. The monoisotopic (exact) mass is 245 g/mol. The quantitative estimate of drug-likeness (QED) is 0.761. The van der Waals surface area contributed by atoms with Crippen molar-refractivity contribution in [3.05, 3.63) is 41.7 Å². The lowest BCUT2D eigenvalue weighted by atomic mass is 9.85. The molecule has 2 unspecified atom stereocenters. The van der Waals surface area contributed by atoms with Gasteiger partial charge < -0.3 is 4.74 Å². The van der Waals surface area contributed by atoms with Gasteiger partial charge in [-0.05, 0) is 42.9 Å². The zero-order chi connectivity index (χ0) is 13.0. The summed E-state index contributed by atoms with van der Waals surface area (Å²) in [5.74, 6) is 0.769. The molecule has 2 nitrogen and oxygen atoms in total. The van der Waals surface area contributed by atoms with E-state index in [1.807, 2.05) is 6.07 Å². The van der Waals surface area contributed by atoms with Gasteiger partial charge in [0.2, 0.25) is 0 Å². The highest BCUT2D eigenvalue weighted by Crippen LogP contribution is 2.26. The largest absolute Gasteiger partial charge is 0.490 e. The van der Waals surface area contributed by atoms with E-state index in [1.165, 1.54) is 12.1 Å². The first kappa shape index (κ1) is 12.6. The van der Waals surface area contributed by atoms with Crippen LogP contribution in [0.25, 0.3) is 0 Å². The van der Waals surface area contributed by atoms with Crippen molar-refractivity contribution in [1.29, 1.82) is 5.26 Å². The van der Waals surface area contributed by atoms with Crippen molar-refractivity contribution in [3.8, 4) is 11.8 Å². The maximum absolute atomic E-state index is 13.6. The second-order valence-electron chi connectivity index (χ2n) is 4.75. The summed E-state index contributed by atoms with van der Waals surface area (Å²) in [5.41, 5.74) is 0.314. The standard InChI is InChI=1S/C15H16FNO/c1-11-4-2-3-5-13(11)10-18-15-7-6-12(9-17)8-14(15)16/h2-3,6-8,11,13H,4-5,10H2,1H3. The summed E-state index contributed by atoms with van der Waals surface area (Å²) in [4.78, 5) is 0. The van der Waals surface area contributed by atoms with E-state index in [4.69, 9.17) is 10.00 Å². The van der Waals surface area contributed by atoms with Crippen molar-refractivity contribution < 1.29 is 9.13 Å². The third-order valence-electron chi connectivity index (χ3n) is 3.43. The Labute approximate surface area is 107 Å². The summed E-state index contributed by atoms with van der Waals surface area (Å²) >= 11 is 0. The lowest BCUT2D eigenvalue weighted by molar-refractivity contribution is 0.192. The smallest absolute Gasteiger partial charge is 0.166 e. The Bertz CT molecular complexity index is 490. The second-order valence-corrected chi connectivity index (χ2v) is 4.75. The van der Waals surface area contributed by atoms with Gasteiger partial charge in [0.25, 0.3) is 0 Å². The highest BCUT2D eigenvalue weighted by molar-refractivity contribution is 5.35. The van der Waals surface area contributed by atoms with Crippen molar-refractivity contribution >= 4 is 0 Å². The molecule has 18 heavy (non-hydrogen) atoms. The second kappa shape index (κ2) is 5.68. The van der Waals surface area contributed by atoms with E-state index in [1.54, 1.807) is 6.07 Å². The lowest BCUT2D eigenvalue weighted by Crippen LogP contribution is -2.21. The summed E-state index contributed by atoms with van der Waals surface area (Å²) in [6.45, 7) is 2.71. The van der Waals surface area contributed by atoms with Crippen LogP contribution >= 0.6 is 0 Å². The predicted octanol–water partition coefficient (Wildman–Crippen LogP) is 3.68. The van der Waals surface area contributed by atoms with Crippen LogP contribution in [0.2, 0.25) is 0 Å². The van der Waals surface area contributed by atoms with Gasteiger partial charge in [-0.25, -0.2) is 4.39 Å². The van der Waals surface area contributed by atoms with Gasteiger partial charge in [-0.3, -0.25) is 0 Å². The predicted molar refractivity (Wildman–Crippen MR) is 67.6 cm³/mol. The van der Waals surface area contributed by atoms with Crippen LogP contribution in [-0.4, -0.2) is 6.61 Å². The van der Waals surface area contributed by atoms with Crippen LogP contribution in [0.4, 0.5) is 4.39 Å². The molecule has 0 fully saturated rings. The molecule has 0 aliphatic heterocycles. The van der Waals surface area contributed by atoms with E-state index >= 15 is 0 Å². The van der Waals surface area contributed by atoms with Gasteiger partial charge >= 0.3 is 0 Å². The van der Waals surface area contributed by atoms with Crippen LogP contribution in [0.15, 0.2) is 30.4 Å². The van der Waals surface area contributed by atoms with Gasteiger partial charge in [0, 0.05) is 0 Å². The first-order chi connectivity index (χ1) is 8.70. The Hall–Kier alpha value is -1.82. The number of hydrogen-bond acceptors (Lipinski definition) is 2. The summed E-state index contributed by atoms with van der Waals surface area (Å²) in [6.07, 6.45) is 6.38. The van der Waals surface area contributed by atoms with E-state index in [9.17, 15) is 4.39 Å². The number of halogens is 1. The Balaban J connectivity index is 1.98. The number of allylic oxidation sites excluding steroid dienone is 2. The molecule has 3 heteroatoms. The van der Waals surface area contributed by atoms with Crippen LogP contribution in [0, 0.1) is 29.0 Å². The molecule has 0 bridgehead atoms. The molecule has 0 N–H and O–H groups in total. The maximum atomic E-state index is 13.6. The van der Waals surface area contributed by atoms with Crippen LogP contribution < -0.4 is 4.74 Å². The van der Waals surface area contributed by atoms with Crippen LogP contribution in [0.5, 0.6) is 5.75 Å². The molecule has 0 radical (unpaired) electrons. The van der Waals surface area contributed by atoms with Crippen LogP contribution in [0.1, 0.15) is 25.3 Å². The molecule has 0 saturated heterocycles. The molecule has 2 rings (SSSR count). The highest BCUT2D eigenvalue weighted by atomic mass is 19.1. The Morgan fingerprint density at radius 3 is 2.83 bits per heavy atom. The van der Waals surface area contributed by atoms with E-state index in [-0.39, 0.29) is 5.75 Å². The Kier molecular flexibility index (Phi) is 3.99. The number of hydrogen-bond donors (Lipinski definition) is 0. The number of rotatable bonds is 3. The van der Waals surface area contributed by atoms with E-state index < -0.39 is 5.82 Å². The van der Waals surface area contributed by atoms with Crippen LogP contribution in [0.3, 0.4) is 0 Å². The van der Waals surface area contributed by atoms with Crippen molar-refractivity contribution in [2.45, 2.75) is 19.8 Å². The minimum Gasteiger partial charge on any atom is -0.490 e. The van der Waals surface area contributed by atoms with E-state index in [0.717, 1.165) is 12.8 Å². The molecule has 0 spiro atoms. The average molecular weight is 245 g/mol. The van der Waals surface area contributed by atoms with Gasteiger partial charge in [-0.15, -0.1) is 0 Å². The molecule has 1 aromatic carbocycles. The Morgan fingerprint density at radius 1 is 1.39 bits per heavy atom. The molecular formula is C15H16FNO. The van der Waals surface area contributed by atoms with E-state index in [0.29, 0.717) is 24.0 Å². The molecule has 2 atom stereocenters. The number of benzene rings is 1. The van der Waals surface area contributed by atoms with Crippen molar-refractivity contribution in [3.63, 3.8) is 0 Å². The minimum atomic E-state index is -0.465. The Morgan fingerprint density at radius 2 is 2.17 bits per heavy atom. The highest BCUT2D eigenvalue weighted by Gasteiger charge is 2.19. The summed E-state index contributed by atoms with van der Waals surface area (Å²) < 4.78 is 19.1.